The summed E-state index contributed by atoms with van der Waals surface area (Å²) in [4.78, 5) is 69.0. The van der Waals surface area contributed by atoms with Gasteiger partial charge in [0.15, 0.2) is 34.7 Å². The predicted molar refractivity (Wildman–Crippen MR) is 144 cm³/mol. The van der Waals surface area contributed by atoms with E-state index in [9.17, 15) is 39.3 Å². The molecule has 0 saturated heterocycles. The van der Waals surface area contributed by atoms with Gasteiger partial charge in [-0.2, -0.15) is 0 Å². The molecule has 8 atom stereocenters. The summed E-state index contributed by atoms with van der Waals surface area (Å²) in [5.41, 5.74) is 2.57. The van der Waals surface area contributed by atoms with Crippen molar-refractivity contribution in [1.29, 1.82) is 0 Å². The summed E-state index contributed by atoms with van der Waals surface area (Å²) >= 11 is 7.37. The average Bonchev–Trinajstić information content (AvgIpc) is 2.89. The van der Waals surface area contributed by atoms with E-state index < -0.39 is 76.4 Å². The topological polar surface area (TPSA) is 175 Å². The number of hydrogen-bond acceptors (Lipinski definition) is 10. The van der Waals surface area contributed by atoms with Gasteiger partial charge >= 0.3 is 0 Å². The number of hydrogen-bond donors (Lipinski definition) is 4. The molecule has 2 aromatic rings. The van der Waals surface area contributed by atoms with Gasteiger partial charge in [0.05, 0.1) is 29.5 Å². The summed E-state index contributed by atoms with van der Waals surface area (Å²) in [5.74, 6) is -13.3. The molecule has 0 spiro atoms. The number of Topliss-reactive ketones (excluding diaryl/α,β-unsaturated/α-hetero) is 4. The van der Waals surface area contributed by atoms with E-state index in [1.54, 1.807) is 36.4 Å². The second-order valence-electron chi connectivity index (χ2n) is 10.7. The number of aliphatic hydroxyl groups excluding tert-OH is 1. The second kappa shape index (κ2) is 10.1. The molecule has 3 aliphatic rings. The third-order valence-electron chi connectivity index (χ3n) is 8.39. The number of aliphatic hydroxyl groups is 2. The third kappa shape index (κ3) is 4.02. The Morgan fingerprint density at radius 2 is 1.73 bits per heavy atom. The summed E-state index contributed by atoms with van der Waals surface area (Å²) in [6.07, 6.45) is -1.70. The van der Waals surface area contributed by atoms with Gasteiger partial charge in [0, 0.05) is 27.5 Å². The lowest BCUT2D eigenvalue weighted by Gasteiger charge is -2.56. The summed E-state index contributed by atoms with van der Waals surface area (Å²) in [6.45, 7) is 0. The normalized spacial score (nSPS) is 33.4. The first kappa shape index (κ1) is 28.4. The van der Waals surface area contributed by atoms with Crippen LogP contribution >= 0.6 is 23.4 Å². The Bertz CT molecular complexity index is 1450. The number of carbonyl (C=O) groups excluding carboxylic acids is 5. The first-order chi connectivity index (χ1) is 18.8. The molecular weight excluding hydrogens is 560 g/mol. The summed E-state index contributed by atoms with van der Waals surface area (Å²) < 4.78 is 0. The number of fused-ring (bicyclic) bond motifs is 3. The van der Waals surface area contributed by atoms with Crippen LogP contribution in [0.25, 0.3) is 0 Å². The number of benzene rings is 2. The van der Waals surface area contributed by atoms with Crippen LogP contribution in [0.2, 0.25) is 5.02 Å². The Morgan fingerprint density at radius 1 is 1.07 bits per heavy atom. The highest BCUT2D eigenvalue weighted by Crippen LogP contribution is 2.55. The minimum Gasteiger partial charge on any atom is -0.507 e. The maximum Gasteiger partial charge on any atom is 0.235 e. The second-order valence-corrected chi connectivity index (χ2v) is 12.2. The number of ketones is 4. The van der Waals surface area contributed by atoms with Crippen LogP contribution in [0.4, 0.5) is 0 Å². The fourth-order valence-electron chi connectivity index (χ4n) is 6.68. The van der Waals surface area contributed by atoms with Gasteiger partial charge in [-0.15, -0.1) is 11.8 Å². The number of primary amides is 1. The number of nitrogens with zero attached hydrogens (tertiary/aromatic N) is 1. The minimum atomic E-state index is -3.03. The zero-order valence-corrected chi connectivity index (χ0v) is 23.1. The summed E-state index contributed by atoms with van der Waals surface area (Å²) in [6, 6.07) is 10.0. The number of phenols is 1. The van der Waals surface area contributed by atoms with Crippen LogP contribution in [0.15, 0.2) is 47.4 Å². The molecule has 2 aromatic carbocycles. The van der Waals surface area contributed by atoms with Crippen LogP contribution in [-0.4, -0.2) is 86.9 Å². The van der Waals surface area contributed by atoms with E-state index in [2.05, 4.69) is 0 Å². The molecule has 12 heteroatoms. The number of nitrogens with two attached hydrogens (primary N) is 1. The minimum absolute atomic E-state index is 0.136. The average molecular weight is 587 g/mol. The smallest absolute Gasteiger partial charge is 0.235 e. The summed E-state index contributed by atoms with van der Waals surface area (Å²) in [5, 5.41) is 34.8. The number of rotatable bonds is 5. The number of likely N-dealkylation sites (N-methyl/N-ethyl adjacent to an activating group) is 1. The lowest BCUT2D eigenvalue weighted by molar-refractivity contribution is -0.196. The van der Waals surface area contributed by atoms with Gasteiger partial charge in [-0.3, -0.25) is 28.9 Å². The van der Waals surface area contributed by atoms with Gasteiger partial charge in [-0.05, 0) is 50.0 Å². The van der Waals surface area contributed by atoms with Gasteiger partial charge in [0.2, 0.25) is 5.91 Å². The molecule has 0 aliphatic heterocycles. The largest absolute Gasteiger partial charge is 0.507 e. The number of halogens is 1. The summed E-state index contributed by atoms with van der Waals surface area (Å²) in [7, 11) is 2.90. The molecule has 40 heavy (non-hydrogen) atoms. The number of aromatic hydroxyl groups is 1. The molecule has 4 unspecified atom stereocenters. The monoisotopic (exact) mass is 586 g/mol. The highest BCUT2D eigenvalue weighted by atomic mass is 35.5. The molecule has 2 fully saturated rings. The van der Waals surface area contributed by atoms with Gasteiger partial charge in [0.25, 0.3) is 0 Å². The maximum atomic E-state index is 14.1. The standard InChI is InChI=1S/C28H27ClN2O8S/c1-31(2)21-20-23(34)17-14(10-40-12-8-6-11(29)7-9-12)13-4-3-5-15(32)16(13)22(33)18(17)25(36)28(20,39)26(37)19(24(21)35)27(30)38/h3-9,14,17-21,23,32,34,39H,10H2,1-2H3,(H2,30,38)/t14-,17?,18?,19?,20?,21-,23-,28-/m0/s1. The molecule has 5 N–H and O–H groups in total. The van der Waals surface area contributed by atoms with Crippen molar-refractivity contribution >= 4 is 52.4 Å². The van der Waals surface area contributed by atoms with E-state index in [1.165, 1.54) is 36.8 Å². The highest BCUT2D eigenvalue weighted by Gasteiger charge is 2.73. The number of thioether (sulfide) groups is 1. The van der Waals surface area contributed by atoms with Crippen LogP contribution in [0, 0.1) is 23.7 Å². The maximum absolute atomic E-state index is 14.1. The molecule has 3 aliphatic carbocycles. The van der Waals surface area contributed by atoms with E-state index in [0.29, 0.717) is 10.6 Å². The number of amides is 1. The van der Waals surface area contributed by atoms with Crippen molar-refractivity contribution in [3.8, 4) is 5.75 Å². The molecular formula is C28H27ClN2O8S. The van der Waals surface area contributed by atoms with Crippen molar-refractivity contribution in [2.75, 3.05) is 19.8 Å². The fraction of sp³-hybridized carbons (Fsp3) is 0.393. The third-order valence-corrected chi connectivity index (χ3v) is 9.78. The zero-order valence-electron chi connectivity index (χ0n) is 21.5. The molecule has 5 rings (SSSR count). The quantitative estimate of drug-likeness (QED) is 0.290. The highest BCUT2D eigenvalue weighted by molar-refractivity contribution is 7.99. The van der Waals surface area contributed by atoms with Gasteiger partial charge < -0.3 is 21.1 Å². The van der Waals surface area contributed by atoms with E-state index in [0.717, 1.165) is 4.90 Å². The molecule has 210 valence electrons. The molecule has 10 nitrogen and oxygen atoms in total. The van der Waals surface area contributed by atoms with E-state index in [-0.39, 0.29) is 17.1 Å². The molecule has 1 amide bonds. The molecule has 0 radical (unpaired) electrons. The molecule has 0 heterocycles. The van der Waals surface area contributed by atoms with Crippen LogP contribution in [0.3, 0.4) is 0 Å². The van der Waals surface area contributed by atoms with Gasteiger partial charge in [-0.25, -0.2) is 0 Å². The van der Waals surface area contributed by atoms with Crippen molar-refractivity contribution in [1.82, 2.24) is 4.90 Å². The Hall–Kier alpha value is -3.09. The predicted octanol–water partition coefficient (Wildman–Crippen LogP) is 0.825. The Labute approximate surface area is 238 Å². The van der Waals surface area contributed by atoms with Crippen LogP contribution in [0.1, 0.15) is 21.8 Å². The Kier molecular flexibility index (Phi) is 7.16. The first-order valence-electron chi connectivity index (χ1n) is 12.5. The van der Waals surface area contributed by atoms with E-state index in [1.807, 2.05) is 0 Å². The van der Waals surface area contributed by atoms with E-state index in [4.69, 9.17) is 17.3 Å². The van der Waals surface area contributed by atoms with Crippen LogP contribution in [-0.2, 0) is 19.2 Å². The van der Waals surface area contributed by atoms with Crippen molar-refractivity contribution < 1.29 is 39.3 Å². The van der Waals surface area contributed by atoms with Gasteiger partial charge in [0.1, 0.15) is 5.75 Å². The fourth-order valence-corrected chi connectivity index (χ4v) is 7.91. The molecule has 2 saturated carbocycles. The lowest BCUT2D eigenvalue weighted by Crippen LogP contribution is -2.77. The lowest BCUT2D eigenvalue weighted by atomic mass is 9.49. The molecule has 0 aromatic heterocycles. The number of carbonyl (C=O) groups is 5. The van der Waals surface area contributed by atoms with Crippen molar-refractivity contribution in [3.05, 3.63) is 58.6 Å². The first-order valence-corrected chi connectivity index (χ1v) is 13.9. The number of phenolic OH excluding ortho intramolecular Hbond substituents is 1. The SMILES string of the molecule is CN(C)[C@@H]1C(=O)C(C(N)=O)C(=O)[C@@]2(O)C(=O)C3C(=O)c4c(O)cccc4[C@H](CSc4ccc(Cl)cc4)C3[C@H](O)C12. The van der Waals surface area contributed by atoms with Crippen molar-refractivity contribution in [2.45, 2.75) is 28.6 Å². The van der Waals surface area contributed by atoms with Gasteiger partial charge in [-0.1, -0.05) is 23.7 Å². The zero-order chi connectivity index (χ0) is 29.3. The Balaban J connectivity index is 1.68. The van der Waals surface area contributed by atoms with Crippen LogP contribution in [0.5, 0.6) is 5.75 Å². The van der Waals surface area contributed by atoms with Crippen LogP contribution < -0.4 is 5.73 Å². The Morgan fingerprint density at radius 3 is 2.33 bits per heavy atom. The molecule has 0 bridgehead atoms. The van der Waals surface area contributed by atoms with Crippen molar-refractivity contribution in [3.63, 3.8) is 0 Å². The van der Waals surface area contributed by atoms with E-state index >= 15 is 0 Å². The van der Waals surface area contributed by atoms with Crippen molar-refractivity contribution in [2.24, 2.45) is 29.4 Å².